The van der Waals surface area contributed by atoms with Gasteiger partial charge in [0.05, 0.1) is 6.61 Å². The molecule has 156 valence electrons. The van der Waals surface area contributed by atoms with Gasteiger partial charge < -0.3 is 15.0 Å². The van der Waals surface area contributed by atoms with E-state index in [1.54, 1.807) is 18.0 Å². The molecule has 2 rings (SSSR count). The summed E-state index contributed by atoms with van der Waals surface area (Å²) in [5.74, 6) is 0.518. The number of benzene rings is 2. The number of aryl methyl sites for hydroxylation is 1. The predicted octanol–water partition coefficient (Wildman–Crippen LogP) is 4.36. The first kappa shape index (κ1) is 22.8. The lowest BCUT2D eigenvalue weighted by Gasteiger charge is -2.30. The van der Waals surface area contributed by atoms with E-state index in [1.807, 2.05) is 56.3 Å². The normalized spacial score (nSPS) is 11.6. The quantitative estimate of drug-likeness (QED) is 0.585. The summed E-state index contributed by atoms with van der Waals surface area (Å²) in [6, 6.07) is 14.6. The third kappa shape index (κ3) is 6.79. The Morgan fingerprint density at radius 1 is 1.14 bits per heavy atom. The molecule has 0 bridgehead atoms. The lowest BCUT2D eigenvalue weighted by Crippen LogP contribution is -2.48. The molecule has 0 aliphatic rings. The van der Waals surface area contributed by atoms with Gasteiger partial charge in [0.15, 0.2) is 0 Å². The molecule has 2 amide bonds. The van der Waals surface area contributed by atoms with E-state index in [4.69, 9.17) is 16.3 Å². The van der Waals surface area contributed by atoms with Crippen LogP contribution in [0.15, 0.2) is 48.5 Å². The molecular weight excluding hydrogens is 388 g/mol. The molecule has 0 aliphatic carbocycles. The summed E-state index contributed by atoms with van der Waals surface area (Å²) in [6.45, 7) is 4.65. The first-order valence-corrected chi connectivity index (χ1v) is 10.3. The Morgan fingerprint density at radius 3 is 2.45 bits per heavy atom. The van der Waals surface area contributed by atoms with Crippen LogP contribution in [0.25, 0.3) is 0 Å². The van der Waals surface area contributed by atoms with Gasteiger partial charge in [-0.15, -0.1) is 0 Å². The third-order valence-corrected chi connectivity index (χ3v) is 5.12. The predicted molar refractivity (Wildman–Crippen MR) is 116 cm³/mol. The number of carbonyl (C=O) groups is 2. The van der Waals surface area contributed by atoms with Crippen LogP contribution in [0.4, 0.5) is 0 Å². The highest BCUT2D eigenvalue weighted by atomic mass is 35.5. The largest absolute Gasteiger partial charge is 0.494 e. The summed E-state index contributed by atoms with van der Waals surface area (Å²) in [5.41, 5.74) is 1.99. The molecule has 2 aromatic carbocycles. The van der Waals surface area contributed by atoms with Crippen molar-refractivity contribution in [2.45, 2.75) is 45.7 Å². The number of ether oxygens (including phenoxy) is 1. The number of rotatable bonds is 10. The van der Waals surface area contributed by atoms with Crippen molar-refractivity contribution in [3.05, 3.63) is 64.7 Å². The van der Waals surface area contributed by atoms with E-state index in [9.17, 15) is 9.59 Å². The van der Waals surface area contributed by atoms with Gasteiger partial charge in [-0.3, -0.25) is 9.59 Å². The lowest BCUT2D eigenvalue weighted by molar-refractivity contribution is -0.141. The zero-order valence-corrected chi connectivity index (χ0v) is 18.0. The van der Waals surface area contributed by atoms with Crippen LogP contribution in [-0.2, 0) is 16.1 Å². The molecule has 0 saturated heterocycles. The minimum Gasteiger partial charge on any atom is -0.494 e. The minimum absolute atomic E-state index is 0.0899. The second kappa shape index (κ2) is 11.5. The highest BCUT2D eigenvalue weighted by molar-refractivity contribution is 6.31. The van der Waals surface area contributed by atoms with Gasteiger partial charge >= 0.3 is 0 Å². The molecule has 0 saturated carbocycles. The zero-order chi connectivity index (χ0) is 21.2. The van der Waals surface area contributed by atoms with Gasteiger partial charge in [-0.2, -0.15) is 0 Å². The Bertz CT molecular complexity index is 808. The monoisotopic (exact) mass is 416 g/mol. The maximum Gasteiger partial charge on any atom is 0.242 e. The first-order valence-electron chi connectivity index (χ1n) is 9.90. The molecule has 0 spiro atoms. The highest BCUT2D eigenvalue weighted by Gasteiger charge is 2.28. The molecule has 5 nitrogen and oxygen atoms in total. The van der Waals surface area contributed by atoms with E-state index in [-0.39, 0.29) is 11.8 Å². The molecule has 1 atom stereocenters. The van der Waals surface area contributed by atoms with E-state index in [1.165, 1.54) is 5.56 Å². The second-order valence-electron chi connectivity index (χ2n) is 6.92. The van der Waals surface area contributed by atoms with E-state index in [0.717, 1.165) is 11.3 Å². The molecule has 0 fully saturated rings. The summed E-state index contributed by atoms with van der Waals surface area (Å²) in [7, 11) is 1.58. The Morgan fingerprint density at radius 2 is 1.83 bits per heavy atom. The number of hydrogen-bond acceptors (Lipinski definition) is 3. The van der Waals surface area contributed by atoms with Crippen molar-refractivity contribution in [2.75, 3.05) is 13.7 Å². The first-order chi connectivity index (χ1) is 14.0. The van der Waals surface area contributed by atoms with Crippen LogP contribution < -0.4 is 10.1 Å². The van der Waals surface area contributed by atoms with Crippen molar-refractivity contribution in [1.29, 1.82) is 0 Å². The summed E-state index contributed by atoms with van der Waals surface area (Å²) in [4.78, 5) is 26.9. The van der Waals surface area contributed by atoms with Gasteiger partial charge in [0.2, 0.25) is 11.8 Å². The van der Waals surface area contributed by atoms with Crippen LogP contribution in [0, 0.1) is 6.92 Å². The van der Waals surface area contributed by atoms with Crippen molar-refractivity contribution in [1.82, 2.24) is 10.2 Å². The average molecular weight is 417 g/mol. The third-order valence-electron chi connectivity index (χ3n) is 4.76. The van der Waals surface area contributed by atoms with Crippen LogP contribution in [0.3, 0.4) is 0 Å². The van der Waals surface area contributed by atoms with Gasteiger partial charge in [0.1, 0.15) is 11.8 Å². The number of amides is 2. The Kier molecular flexibility index (Phi) is 9.00. The van der Waals surface area contributed by atoms with Gasteiger partial charge in [-0.05, 0) is 43.5 Å². The molecule has 29 heavy (non-hydrogen) atoms. The number of nitrogens with one attached hydrogen (secondary N) is 1. The molecular formula is C23H29ClN2O3. The summed E-state index contributed by atoms with van der Waals surface area (Å²) < 4.78 is 5.71. The van der Waals surface area contributed by atoms with E-state index in [0.29, 0.717) is 37.4 Å². The standard InChI is InChI=1S/C23H29ClN2O3/c1-4-21(23(28)25-3)26(16-18-8-5-6-9-20(18)24)22(27)10-7-15-29-19-13-11-17(2)12-14-19/h5-6,8-9,11-14,21H,4,7,10,15-16H2,1-3H3,(H,25,28)/t21-/m1/s1. The van der Waals surface area contributed by atoms with Gasteiger partial charge in [0.25, 0.3) is 0 Å². The number of hydrogen-bond donors (Lipinski definition) is 1. The fraction of sp³-hybridized carbons (Fsp3) is 0.391. The SMILES string of the molecule is CC[C@H](C(=O)NC)N(Cc1ccccc1Cl)C(=O)CCCOc1ccc(C)cc1. The van der Waals surface area contributed by atoms with Gasteiger partial charge in [-0.1, -0.05) is 54.4 Å². The van der Waals surface area contributed by atoms with Crippen LogP contribution in [0.1, 0.15) is 37.3 Å². The maximum absolute atomic E-state index is 13.0. The average Bonchev–Trinajstić information content (AvgIpc) is 2.73. The van der Waals surface area contributed by atoms with Crippen LogP contribution >= 0.6 is 11.6 Å². The van der Waals surface area contributed by atoms with Crippen LogP contribution in [0.2, 0.25) is 5.02 Å². The Labute approximate surface area is 178 Å². The molecule has 0 unspecified atom stereocenters. The van der Waals surface area contributed by atoms with Crippen LogP contribution in [-0.4, -0.2) is 36.4 Å². The summed E-state index contributed by atoms with van der Waals surface area (Å²) in [5, 5.41) is 3.24. The highest BCUT2D eigenvalue weighted by Crippen LogP contribution is 2.20. The van der Waals surface area contributed by atoms with E-state index < -0.39 is 6.04 Å². The van der Waals surface area contributed by atoms with Crippen molar-refractivity contribution in [2.24, 2.45) is 0 Å². The van der Waals surface area contributed by atoms with Crippen LogP contribution in [0.5, 0.6) is 5.75 Å². The van der Waals surface area contributed by atoms with Gasteiger partial charge in [0, 0.05) is 25.0 Å². The minimum atomic E-state index is -0.540. The number of carbonyl (C=O) groups excluding carboxylic acids is 2. The lowest BCUT2D eigenvalue weighted by atomic mass is 10.1. The van der Waals surface area contributed by atoms with Crippen molar-refractivity contribution in [3.63, 3.8) is 0 Å². The molecule has 0 aliphatic heterocycles. The van der Waals surface area contributed by atoms with Crippen molar-refractivity contribution in [3.8, 4) is 5.75 Å². The topological polar surface area (TPSA) is 58.6 Å². The molecule has 6 heteroatoms. The van der Waals surface area contributed by atoms with Crippen molar-refractivity contribution < 1.29 is 14.3 Å². The van der Waals surface area contributed by atoms with Gasteiger partial charge in [-0.25, -0.2) is 0 Å². The molecule has 0 aromatic heterocycles. The number of likely N-dealkylation sites (N-methyl/N-ethyl adjacent to an activating group) is 1. The molecule has 2 aromatic rings. The van der Waals surface area contributed by atoms with E-state index >= 15 is 0 Å². The second-order valence-corrected chi connectivity index (χ2v) is 7.32. The number of nitrogens with zero attached hydrogens (tertiary/aromatic N) is 1. The Balaban J connectivity index is 2.02. The van der Waals surface area contributed by atoms with E-state index in [2.05, 4.69) is 5.32 Å². The molecule has 1 N–H and O–H groups in total. The molecule has 0 radical (unpaired) electrons. The smallest absolute Gasteiger partial charge is 0.242 e. The zero-order valence-electron chi connectivity index (χ0n) is 17.3. The van der Waals surface area contributed by atoms with Crippen molar-refractivity contribution >= 4 is 23.4 Å². The fourth-order valence-electron chi connectivity index (χ4n) is 3.09. The summed E-state index contributed by atoms with van der Waals surface area (Å²) in [6.07, 6.45) is 1.38. The Hall–Kier alpha value is -2.53. The fourth-order valence-corrected chi connectivity index (χ4v) is 3.28. The number of halogens is 1. The summed E-state index contributed by atoms with van der Waals surface area (Å²) >= 11 is 6.28. The molecule has 0 heterocycles. The maximum atomic E-state index is 13.0.